The summed E-state index contributed by atoms with van der Waals surface area (Å²) in [6.07, 6.45) is 5.47. The van der Waals surface area contributed by atoms with E-state index in [4.69, 9.17) is 4.74 Å². The van der Waals surface area contributed by atoms with Crippen molar-refractivity contribution in [1.29, 1.82) is 0 Å². The standard InChI is InChI=1S/C18H32N4O4S/c1-19-10-6-5-7-12(17(24)26-2)20-15(23)9-4-3-8-14-16-13(11-27-14)21-18(25)22-16/h12-14,16,19H,3-11H2,1-2H3,(H,20,23)(H2,21,22,25)/t12-,13?,14-,16?/m0/s1. The van der Waals surface area contributed by atoms with Crippen LogP contribution in [0.15, 0.2) is 0 Å². The van der Waals surface area contributed by atoms with Crippen LogP contribution < -0.4 is 21.3 Å². The van der Waals surface area contributed by atoms with E-state index in [0.29, 0.717) is 18.1 Å². The van der Waals surface area contributed by atoms with Crippen LogP contribution in [-0.4, -0.2) is 67.7 Å². The number of amides is 3. The molecule has 0 aromatic carbocycles. The summed E-state index contributed by atoms with van der Waals surface area (Å²) in [5.74, 6) is 0.459. The molecule has 0 radical (unpaired) electrons. The fourth-order valence-corrected chi connectivity index (χ4v) is 5.13. The Bertz CT molecular complexity index is 520. The van der Waals surface area contributed by atoms with Crippen molar-refractivity contribution >= 4 is 29.7 Å². The first kappa shape index (κ1) is 21.8. The van der Waals surface area contributed by atoms with E-state index in [0.717, 1.165) is 44.4 Å². The second-order valence-corrected chi connectivity index (χ2v) is 8.38. The number of rotatable bonds is 12. The van der Waals surface area contributed by atoms with Gasteiger partial charge in [0.1, 0.15) is 6.04 Å². The van der Waals surface area contributed by atoms with E-state index in [1.165, 1.54) is 7.11 Å². The molecular formula is C18H32N4O4S. The zero-order valence-corrected chi connectivity index (χ0v) is 17.0. The minimum Gasteiger partial charge on any atom is -0.467 e. The average Bonchev–Trinajstić information content (AvgIpc) is 3.20. The lowest BCUT2D eigenvalue weighted by atomic mass is 10.0. The van der Waals surface area contributed by atoms with E-state index in [2.05, 4.69) is 21.3 Å². The van der Waals surface area contributed by atoms with Gasteiger partial charge in [-0.3, -0.25) is 4.79 Å². The lowest BCUT2D eigenvalue weighted by Crippen LogP contribution is -2.41. The van der Waals surface area contributed by atoms with Crippen LogP contribution in [0.3, 0.4) is 0 Å². The van der Waals surface area contributed by atoms with Gasteiger partial charge in [-0.15, -0.1) is 0 Å². The zero-order chi connectivity index (χ0) is 19.6. The van der Waals surface area contributed by atoms with E-state index in [1.54, 1.807) is 0 Å². The number of urea groups is 1. The minimum atomic E-state index is -0.565. The molecule has 2 heterocycles. The molecule has 8 nitrogen and oxygen atoms in total. The van der Waals surface area contributed by atoms with E-state index in [1.807, 2.05) is 18.8 Å². The van der Waals surface area contributed by atoms with E-state index >= 15 is 0 Å². The minimum absolute atomic E-state index is 0.0711. The molecule has 2 aliphatic heterocycles. The first-order valence-electron chi connectivity index (χ1n) is 9.75. The number of unbranched alkanes of at least 4 members (excludes halogenated alkanes) is 2. The van der Waals surface area contributed by atoms with E-state index in [9.17, 15) is 14.4 Å². The molecule has 0 bridgehead atoms. The maximum Gasteiger partial charge on any atom is 0.328 e. The number of nitrogens with one attached hydrogen (secondary N) is 4. The number of ether oxygens (including phenoxy) is 1. The van der Waals surface area contributed by atoms with Gasteiger partial charge in [-0.1, -0.05) is 6.42 Å². The fourth-order valence-electron chi connectivity index (χ4n) is 3.58. The zero-order valence-electron chi connectivity index (χ0n) is 16.2. The van der Waals surface area contributed by atoms with Crippen LogP contribution in [0.4, 0.5) is 4.79 Å². The van der Waals surface area contributed by atoms with Crippen LogP contribution in [0.2, 0.25) is 0 Å². The summed E-state index contributed by atoms with van der Waals surface area (Å²) < 4.78 is 4.80. The first-order chi connectivity index (χ1) is 13.0. The third-order valence-electron chi connectivity index (χ3n) is 5.07. The van der Waals surface area contributed by atoms with Crippen molar-refractivity contribution in [2.75, 3.05) is 26.5 Å². The molecule has 2 rings (SSSR count). The third kappa shape index (κ3) is 6.88. The topological polar surface area (TPSA) is 109 Å². The van der Waals surface area contributed by atoms with Crippen molar-refractivity contribution in [3.8, 4) is 0 Å². The Labute approximate surface area is 165 Å². The SMILES string of the molecule is CNCCCC[C@H](NC(=O)CCCC[C@@H]1SCC2NC(=O)NC21)C(=O)OC. The second-order valence-electron chi connectivity index (χ2n) is 7.11. The molecule has 3 amide bonds. The molecule has 2 fully saturated rings. The van der Waals surface area contributed by atoms with Crippen molar-refractivity contribution < 1.29 is 19.1 Å². The lowest BCUT2D eigenvalue weighted by Gasteiger charge is -2.17. The number of methoxy groups -OCH3 is 1. The highest BCUT2D eigenvalue weighted by Crippen LogP contribution is 2.33. The Morgan fingerprint density at radius 3 is 2.81 bits per heavy atom. The molecule has 2 saturated heterocycles. The quantitative estimate of drug-likeness (QED) is 0.219. The van der Waals surface area contributed by atoms with Gasteiger partial charge in [0.25, 0.3) is 0 Å². The second kappa shape index (κ2) is 11.4. The smallest absolute Gasteiger partial charge is 0.328 e. The Morgan fingerprint density at radius 1 is 1.26 bits per heavy atom. The summed E-state index contributed by atoms with van der Waals surface area (Å²) in [4.78, 5) is 35.4. The van der Waals surface area contributed by atoms with Crippen LogP contribution in [-0.2, 0) is 14.3 Å². The van der Waals surface area contributed by atoms with Crippen molar-refractivity contribution in [3.05, 3.63) is 0 Å². The maximum absolute atomic E-state index is 12.2. The number of hydrogen-bond acceptors (Lipinski definition) is 6. The van der Waals surface area contributed by atoms with Gasteiger partial charge >= 0.3 is 12.0 Å². The Hall–Kier alpha value is -1.48. The Balaban J connectivity index is 1.63. The van der Waals surface area contributed by atoms with Crippen LogP contribution in [0.1, 0.15) is 44.9 Å². The predicted octanol–water partition coefficient (Wildman–Crippen LogP) is 0.760. The fraction of sp³-hybridized carbons (Fsp3) is 0.833. The number of thioether (sulfide) groups is 1. The number of carbonyl (C=O) groups is 3. The van der Waals surface area contributed by atoms with Gasteiger partial charge in [0.2, 0.25) is 5.91 Å². The van der Waals surface area contributed by atoms with Crippen LogP contribution in [0, 0.1) is 0 Å². The van der Waals surface area contributed by atoms with Crippen molar-refractivity contribution in [2.24, 2.45) is 0 Å². The first-order valence-corrected chi connectivity index (χ1v) is 10.8. The monoisotopic (exact) mass is 400 g/mol. The molecule has 0 spiro atoms. The van der Waals surface area contributed by atoms with E-state index < -0.39 is 6.04 Å². The van der Waals surface area contributed by atoms with Gasteiger partial charge in [-0.05, 0) is 45.7 Å². The van der Waals surface area contributed by atoms with Crippen LogP contribution in [0.5, 0.6) is 0 Å². The van der Waals surface area contributed by atoms with Gasteiger partial charge in [0.15, 0.2) is 0 Å². The molecule has 2 unspecified atom stereocenters. The maximum atomic E-state index is 12.2. The van der Waals surface area contributed by atoms with E-state index in [-0.39, 0.29) is 30.0 Å². The summed E-state index contributed by atoms with van der Waals surface area (Å²) in [6.45, 7) is 0.888. The summed E-state index contributed by atoms with van der Waals surface area (Å²) in [5, 5.41) is 12.2. The van der Waals surface area contributed by atoms with Gasteiger partial charge in [-0.2, -0.15) is 11.8 Å². The largest absolute Gasteiger partial charge is 0.467 e. The lowest BCUT2D eigenvalue weighted by molar-refractivity contribution is -0.145. The molecule has 0 aliphatic carbocycles. The summed E-state index contributed by atoms with van der Waals surface area (Å²) in [5.41, 5.74) is 0. The highest BCUT2D eigenvalue weighted by Gasteiger charge is 2.42. The Morgan fingerprint density at radius 2 is 2.07 bits per heavy atom. The van der Waals surface area contributed by atoms with Crippen molar-refractivity contribution in [2.45, 2.75) is 68.3 Å². The van der Waals surface area contributed by atoms with Crippen molar-refractivity contribution in [1.82, 2.24) is 21.3 Å². The number of esters is 1. The molecule has 2 aliphatic rings. The highest BCUT2D eigenvalue weighted by atomic mass is 32.2. The predicted molar refractivity (Wildman–Crippen MR) is 106 cm³/mol. The third-order valence-corrected chi connectivity index (χ3v) is 6.58. The molecule has 154 valence electrons. The summed E-state index contributed by atoms with van der Waals surface area (Å²) in [6, 6.07) is -0.194. The summed E-state index contributed by atoms with van der Waals surface area (Å²) in [7, 11) is 3.24. The Kier molecular flexibility index (Phi) is 9.20. The normalized spacial score (nSPS) is 24.7. The van der Waals surface area contributed by atoms with Crippen molar-refractivity contribution in [3.63, 3.8) is 0 Å². The molecule has 0 aromatic heterocycles. The van der Waals surface area contributed by atoms with Crippen LogP contribution >= 0.6 is 11.8 Å². The molecular weight excluding hydrogens is 368 g/mol. The van der Waals surface area contributed by atoms with Gasteiger partial charge in [0, 0.05) is 17.4 Å². The molecule has 4 N–H and O–H groups in total. The summed E-state index contributed by atoms with van der Waals surface area (Å²) >= 11 is 1.88. The molecule has 4 atom stereocenters. The highest BCUT2D eigenvalue weighted by molar-refractivity contribution is 8.00. The molecule has 0 saturated carbocycles. The van der Waals surface area contributed by atoms with Gasteiger partial charge < -0.3 is 26.0 Å². The number of carbonyl (C=O) groups excluding carboxylic acids is 3. The van der Waals surface area contributed by atoms with Gasteiger partial charge in [0.05, 0.1) is 19.2 Å². The number of fused-ring (bicyclic) bond motifs is 1. The van der Waals surface area contributed by atoms with Crippen LogP contribution in [0.25, 0.3) is 0 Å². The molecule has 0 aromatic rings. The number of hydrogen-bond donors (Lipinski definition) is 4. The average molecular weight is 401 g/mol. The van der Waals surface area contributed by atoms with Gasteiger partial charge in [-0.25, -0.2) is 9.59 Å². The molecule has 9 heteroatoms. The molecule has 27 heavy (non-hydrogen) atoms.